The molecular weight excluding hydrogens is 412 g/mol. The first kappa shape index (κ1) is 20.0. The Labute approximate surface area is 172 Å². The molecule has 2 aromatic heterocycles. The Kier molecular flexibility index (Phi) is 5.72. The minimum atomic E-state index is -0.630. The summed E-state index contributed by atoms with van der Waals surface area (Å²) in [6.45, 7) is 4.16. The molecule has 1 fully saturated rings. The number of halogens is 4. The molecule has 3 heterocycles. The van der Waals surface area contributed by atoms with Gasteiger partial charge in [0.2, 0.25) is 0 Å². The second kappa shape index (κ2) is 7.72. The molecule has 1 aliphatic rings. The lowest BCUT2D eigenvalue weighted by atomic mass is 9.80. The first-order valence-corrected chi connectivity index (χ1v) is 8.93. The maximum absolute atomic E-state index is 14.4. The fourth-order valence-electron chi connectivity index (χ4n) is 3.03. The normalized spacial score (nSPS) is 15.1. The molecule has 9 heteroatoms. The SMILES string of the molecule is CC1(Cc2ccc3ncnc(Nc4ccc(Cl)c(Cl)c4F)c3n2)CNC1.Cl. The van der Waals surface area contributed by atoms with Crippen molar-refractivity contribution in [3.63, 3.8) is 0 Å². The van der Waals surface area contributed by atoms with Crippen LogP contribution in [0.3, 0.4) is 0 Å². The first-order chi connectivity index (χ1) is 12.5. The predicted molar refractivity (Wildman–Crippen MR) is 109 cm³/mol. The Bertz CT molecular complexity index is 994. The summed E-state index contributed by atoms with van der Waals surface area (Å²) >= 11 is 11.7. The van der Waals surface area contributed by atoms with Gasteiger partial charge >= 0.3 is 0 Å². The largest absolute Gasteiger partial charge is 0.336 e. The molecular formula is C18H17Cl3FN5. The van der Waals surface area contributed by atoms with E-state index >= 15 is 0 Å². The van der Waals surface area contributed by atoms with Gasteiger partial charge in [-0.2, -0.15) is 0 Å². The van der Waals surface area contributed by atoms with E-state index in [-0.39, 0.29) is 33.6 Å². The van der Waals surface area contributed by atoms with Gasteiger partial charge in [0.15, 0.2) is 11.6 Å². The molecule has 142 valence electrons. The van der Waals surface area contributed by atoms with Crippen LogP contribution in [0.1, 0.15) is 12.6 Å². The summed E-state index contributed by atoms with van der Waals surface area (Å²) in [4.78, 5) is 13.2. The number of aromatic nitrogens is 3. The predicted octanol–water partition coefficient (Wildman–Crippen LogP) is 4.79. The highest BCUT2D eigenvalue weighted by atomic mass is 35.5. The fourth-order valence-corrected chi connectivity index (χ4v) is 3.35. The van der Waals surface area contributed by atoms with Crippen LogP contribution in [0.4, 0.5) is 15.9 Å². The number of nitrogens with one attached hydrogen (secondary N) is 2. The summed E-state index contributed by atoms with van der Waals surface area (Å²) < 4.78 is 14.4. The van der Waals surface area contributed by atoms with Crippen molar-refractivity contribution >= 4 is 58.1 Å². The van der Waals surface area contributed by atoms with Crippen LogP contribution in [0, 0.1) is 11.2 Å². The standard InChI is InChI=1S/C18H16Cl2FN5.ClH/c1-18(7-22-8-18)6-10-2-4-13-16(25-10)17(24-9-23-13)26-12-5-3-11(19)14(20)15(12)21;/h2-5,9,22H,6-8H2,1H3,(H,23,24,26);1H. The van der Waals surface area contributed by atoms with Crippen molar-refractivity contribution in [2.75, 3.05) is 18.4 Å². The number of fused-ring (bicyclic) bond motifs is 1. The summed E-state index contributed by atoms with van der Waals surface area (Å²) in [6, 6.07) is 6.93. The minimum Gasteiger partial charge on any atom is -0.336 e. The van der Waals surface area contributed by atoms with Crippen LogP contribution in [-0.2, 0) is 6.42 Å². The molecule has 0 bridgehead atoms. The average molecular weight is 429 g/mol. The molecule has 0 saturated carbocycles. The zero-order valence-corrected chi connectivity index (χ0v) is 16.7. The quantitative estimate of drug-likeness (QED) is 0.585. The molecule has 0 spiro atoms. The number of hydrogen-bond donors (Lipinski definition) is 2. The summed E-state index contributed by atoms with van der Waals surface area (Å²) in [5.41, 5.74) is 2.62. The Morgan fingerprint density at radius 2 is 1.96 bits per heavy atom. The third-order valence-electron chi connectivity index (χ3n) is 4.54. The van der Waals surface area contributed by atoms with Crippen LogP contribution in [0.15, 0.2) is 30.6 Å². The van der Waals surface area contributed by atoms with Gasteiger partial charge in [0.25, 0.3) is 0 Å². The van der Waals surface area contributed by atoms with Crippen LogP contribution >= 0.6 is 35.6 Å². The first-order valence-electron chi connectivity index (χ1n) is 8.17. The van der Waals surface area contributed by atoms with Crippen molar-refractivity contribution < 1.29 is 4.39 Å². The van der Waals surface area contributed by atoms with Crippen molar-refractivity contribution in [1.29, 1.82) is 0 Å². The van der Waals surface area contributed by atoms with E-state index in [4.69, 9.17) is 28.2 Å². The molecule has 1 aromatic carbocycles. The average Bonchev–Trinajstić information content (AvgIpc) is 2.61. The van der Waals surface area contributed by atoms with Crippen LogP contribution in [0.2, 0.25) is 10.0 Å². The van der Waals surface area contributed by atoms with Gasteiger partial charge in [0.05, 0.1) is 21.2 Å². The Hall–Kier alpha value is -1.73. The second-order valence-corrected chi connectivity index (χ2v) is 7.62. The highest BCUT2D eigenvalue weighted by Crippen LogP contribution is 2.32. The van der Waals surface area contributed by atoms with Crippen molar-refractivity contribution in [1.82, 2.24) is 20.3 Å². The van der Waals surface area contributed by atoms with Gasteiger partial charge in [-0.15, -0.1) is 12.4 Å². The van der Waals surface area contributed by atoms with Crippen molar-refractivity contribution in [2.24, 2.45) is 5.41 Å². The van der Waals surface area contributed by atoms with E-state index in [0.717, 1.165) is 25.2 Å². The smallest absolute Gasteiger partial charge is 0.166 e. The molecule has 5 nitrogen and oxygen atoms in total. The summed E-state index contributed by atoms with van der Waals surface area (Å²) in [6.07, 6.45) is 2.27. The second-order valence-electron chi connectivity index (χ2n) is 6.83. The van der Waals surface area contributed by atoms with Gasteiger partial charge in [-0.3, -0.25) is 0 Å². The maximum Gasteiger partial charge on any atom is 0.166 e. The lowest BCUT2D eigenvalue weighted by Crippen LogP contribution is -2.52. The summed E-state index contributed by atoms with van der Waals surface area (Å²) in [5, 5.41) is 6.27. The molecule has 0 atom stereocenters. The van der Waals surface area contributed by atoms with E-state index in [1.54, 1.807) is 0 Å². The molecule has 3 aromatic rings. The Morgan fingerprint density at radius 1 is 1.19 bits per heavy atom. The van der Waals surface area contributed by atoms with Crippen LogP contribution in [0.5, 0.6) is 0 Å². The molecule has 0 aliphatic carbocycles. The lowest BCUT2D eigenvalue weighted by molar-refractivity contribution is 0.194. The number of anilines is 2. The third-order valence-corrected chi connectivity index (χ3v) is 5.32. The Balaban J connectivity index is 0.00000210. The van der Waals surface area contributed by atoms with Gasteiger partial charge in [-0.1, -0.05) is 30.1 Å². The minimum absolute atomic E-state index is 0. The third kappa shape index (κ3) is 3.94. The number of benzene rings is 1. The molecule has 1 saturated heterocycles. The highest BCUT2D eigenvalue weighted by Gasteiger charge is 2.32. The van der Waals surface area contributed by atoms with E-state index in [0.29, 0.717) is 16.9 Å². The zero-order valence-electron chi connectivity index (χ0n) is 14.4. The van der Waals surface area contributed by atoms with Gasteiger partial charge in [-0.25, -0.2) is 19.3 Å². The van der Waals surface area contributed by atoms with E-state index in [1.807, 2.05) is 12.1 Å². The number of hydrogen-bond acceptors (Lipinski definition) is 5. The Morgan fingerprint density at radius 3 is 2.67 bits per heavy atom. The summed E-state index contributed by atoms with van der Waals surface area (Å²) in [7, 11) is 0. The van der Waals surface area contributed by atoms with E-state index in [2.05, 4.69) is 27.5 Å². The van der Waals surface area contributed by atoms with Gasteiger partial charge in [-0.05, 0) is 36.1 Å². The molecule has 1 aliphatic heterocycles. The zero-order chi connectivity index (χ0) is 18.3. The van der Waals surface area contributed by atoms with Gasteiger partial charge in [0, 0.05) is 18.8 Å². The van der Waals surface area contributed by atoms with E-state index < -0.39 is 5.82 Å². The van der Waals surface area contributed by atoms with E-state index in [1.165, 1.54) is 18.5 Å². The fraction of sp³-hybridized carbons (Fsp3) is 0.278. The molecule has 0 radical (unpaired) electrons. The molecule has 0 amide bonds. The van der Waals surface area contributed by atoms with Crippen molar-refractivity contribution in [3.05, 3.63) is 52.1 Å². The van der Waals surface area contributed by atoms with Crippen molar-refractivity contribution in [3.8, 4) is 0 Å². The van der Waals surface area contributed by atoms with Crippen molar-refractivity contribution in [2.45, 2.75) is 13.3 Å². The van der Waals surface area contributed by atoms with Gasteiger partial charge < -0.3 is 10.6 Å². The summed E-state index contributed by atoms with van der Waals surface area (Å²) in [5.74, 6) is -0.207. The van der Waals surface area contributed by atoms with E-state index in [9.17, 15) is 4.39 Å². The van der Waals surface area contributed by atoms with Gasteiger partial charge in [0.1, 0.15) is 11.8 Å². The van der Waals surface area contributed by atoms with Crippen LogP contribution < -0.4 is 10.6 Å². The van der Waals surface area contributed by atoms with Crippen LogP contribution in [-0.4, -0.2) is 28.0 Å². The topological polar surface area (TPSA) is 62.7 Å². The molecule has 2 N–H and O–H groups in total. The highest BCUT2D eigenvalue weighted by molar-refractivity contribution is 6.42. The number of pyridine rings is 1. The van der Waals surface area contributed by atoms with Crippen LogP contribution in [0.25, 0.3) is 11.0 Å². The maximum atomic E-state index is 14.4. The number of nitrogens with zero attached hydrogens (tertiary/aromatic N) is 3. The number of rotatable bonds is 4. The monoisotopic (exact) mass is 427 g/mol. The molecule has 27 heavy (non-hydrogen) atoms. The lowest BCUT2D eigenvalue weighted by Gasteiger charge is -2.39. The molecule has 4 rings (SSSR count). The molecule has 0 unspecified atom stereocenters.